The van der Waals surface area contributed by atoms with Gasteiger partial charge in [0.1, 0.15) is 0 Å². The van der Waals surface area contributed by atoms with E-state index in [1.807, 2.05) is 0 Å². The summed E-state index contributed by atoms with van der Waals surface area (Å²) in [7, 11) is 1.67. The maximum absolute atomic E-state index is 11.7. The standard InChI is InChI=1S/C12H24N2O3/c1-3-10(9-16-2)13-8-12(15)14-11-4-6-17-7-5-11/h10-11,13H,3-9H2,1-2H3,(H,14,15). The van der Waals surface area contributed by atoms with Gasteiger partial charge in [0.2, 0.25) is 5.91 Å². The molecule has 1 heterocycles. The smallest absolute Gasteiger partial charge is 0.234 e. The van der Waals surface area contributed by atoms with Crippen LogP contribution in [-0.4, -0.2) is 51.5 Å². The van der Waals surface area contributed by atoms with Crippen molar-refractivity contribution in [2.24, 2.45) is 0 Å². The van der Waals surface area contributed by atoms with E-state index < -0.39 is 0 Å². The zero-order valence-corrected chi connectivity index (χ0v) is 10.8. The Bertz CT molecular complexity index is 218. The van der Waals surface area contributed by atoms with Gasteiger partial charge < -0.3 is 20.1 Å². The molecule has 1 fully saturated rings. The fourth-order valence-corrected chi connectivity index (χ4v) is 1.88. The van der Waals surface area contributed by atoms with E-state index in [2.05, 4.69) is 17.6 Å². The lowest BCUT2D eigenvalue weighted by molar-refractivity contribution is -0.121. The average Bonchev–Trinajstić information content (AvgIpc) is 2.35. The highest BCUT2D eigenvalue weighted by molar-refractivity contribution is 5.78. The summed E-state index contributed by atoms with van der Waals surface area (Å²) in [6.07, 6.45) is 2.79. The number of nitrogens with one attached hydrogen (secondary N) is 2. The van der Waals surface area contributed by atoms with Crippen LogP contribution in [0.25, 0.3) is 0 Å². The first kappa shape index (κ1) is 14.4. The SMILES string of the molecule is CCC(COC)NCC(=O)NC1CCOCC1. The van der Waals surface area contributed by atoms with Crippen LogP contribution in [0.15, 0.2) is 0 Å². The lowest BCUT2D eigenvalue weighted by atomic mass is 10.1. The molecule has 0 radical (unpaired) electrons. The first-order valence-electron chi connectivity index (χ1n) is 6.35. The molecule has 0 aromatic heterocycles. The van der Waals surface area contributed by atoms with Gasteiger partial charge in [-0.3, -0.25) is 4.79 Å². The fraction of sp³-hybridized carbons (Fsp3) is 0.917. The molecule has 1 aliphatic rings. The van der Waals surface area contributed by atoms with Crippen LogP contribution in [0.4, 0.5) is 0 Å². The summed E-state index contributed by atoms with van der Waals surface area (Å²) in [4.78, 5) is 11.7. The van der Waals surface area contributed by atoms with Crippen LogP contribution in [-0.2, 0) is 14.3 Å². The largest absolute Gasteiger partial charge is 0.383 e. The fourth-order valence-electron chi connectivity index (χ4n) is 1.88. The van der Waals surface area contributed by atoms with Crippen LogP contribution in [0.5, 0.6) is 0 Å². The molecule has 0 aromatic rings. The van der Waals surface area contributed by atoms with E-state index in [0.717, 1.165) is 32.5 Å². The Balaban J connectivity index is 2.14. The van der Waals surface area contributed by atoms with E-state index in [9.17, 15) is 4.79 Å². The van der Waals surface area contributed by atoms with Gasteiger partial charge in [0.05, 0.1) is 13.2 Å². The summed E-state index contributed by atoms with van der Waals surface area (Å²) in [5.41, 5.74) is 0. The summed E-state index contributed by atoms with van der Waals surface area (Å²) in [6, 6.07) is 0.529. The molecule has 1 amide bonds. The van der Waals surface area contributed by atoms with Crippen molar-refractivity contribution in [3.8, 4) is 0 Å². The van der Waals surface area contributed by atoms with Crippen molar-refractivity contribution in [1.82, 2.24) is 10.6 Å². The van der Waals surface area contributed by atoms with Crippen LogP contribution in [0.2, 0.25) is 0 Å². The van der Waals surface area contributed by atoms with Gasteiger partial charge in [-0.2, -0.15) is 0 Å². The summed E-state index contributed by atoms with van der Waals surface area (Å²) in [5, 5.41) is 6.21. The molecule has 5 nitrogen and oxygen atoms in total. The Morgan fingerprint density at radius 3 is 2.76 bits per heavy atom. The van der Waals surface area contributed by atoms with E-state index in [1.54, 1.807) is 7.11 Å². The van der Waals surface area contributed by atoms with Crippen molar-refractivity contribution >= 4 is 5.91 Å². The molecule has 1 aliphatic heterocycles. The van der Waals surface area contributed by atoms with Crippen molar-refractivity contribution in [3.05, 3.63) is 0 Å². The van der Waals surface area contributed by atoms with Crippen molar-refractivity contribution in [2.45, 2.75) is 38.3 Å². The molecule has 0 aliphatic carbocycles. The third-order valence-corrected chi connectivity index (χ3v) is 3.00. The second-order valence-corrected chi connectivity index (χ2v) is 4.40. The number of carbonyl (C=O) groups is 1. The van der Waals surface area contributed by atoms with Crippen LogP contribution >= 0.6 is 0 Å². The maximum Gasteiger partial charge on any atom is 0.234 e. The molecule has 5 heteroatoms. The van der Waals surface area contributed by atoms with E-state index in [0.29, 0.717) is 13.2 Å². The molecule has 1 rings (SSSR count). The first-order valence-corrected chi connectivity index (χ1v) is 6.35. The van der Waals surface area contributed by atoms with Gasteiger partial charge >= 0.3 is 0 Å². The lowest BCUT2D eigenvalue weighted by Crippen LogP contribution is -2.45. The molecule has 0 aromatic carbocycles. The van der Waals surface area contributed by atoms with Crippen LogP contribution in [0.3, 0.4) is 0 Å². The molecule has 1 saturated heterocycles. The van der Waals surface area contributed by atoms with E-state index in [1.165, 1.54) is 0 Å². The monoisotopic (exact) mass is 244 g/mol. The zero-order valence-electron chi connectivity index (χ0n) is 10.8. The average molecular weight is 244 g/mol. The predicted octanol–water partition coefficient (Wildman–Crippen LogP) is 0.296. The maximum atomic E-state index is 11.7. The number of carbonyl (C=O) groups excluding carboxylic acids is 1. The Morgan fingerprint density at radius 1 is 1.47 bits per heavy atom. The second-order valence-electron chi connectivity index (χ2n) is 4.40. The van der Waals surface area contributed by atoms with E-state index in [4.69, 9.17) is 9.47 Å². The van der Waals surface area contributed by atoms with Gasteiger partial charge in [0.15, 0.2) is 0 Å². The van der Waals surface area contributed by atoms with Crippen molar-refractivity contribution < 1.29 is 14.3 Å². The highest BCUT2D eigenvalue weighted by Crippen LogP contribution is 2.05. The van der Waals surface area contributed by atoms with Gasteiger partial charge in [0.25, 0.3) is 0 Å². The molecule has 100 valence electrons. The molecular formula is C12H24N2O3. The molecule has 2 N–H and O–H groups in total. The number of amides is 1. The van der Waals surface area contributed by atoms with E-state index >= 15 is 0 Å². The number of methoxy groups -OCH3 is 1. The predicted molar refractivity (Wildman–Crippen MR) is 65.9 cm³/mol. The summed E-state index contributed by atoms with van der Waals surface area (Å²) < 4.78 is 10.3. The van der Waals surface area contributed by atoms with Gasteiger partial charge in [-0.15, -0.1) is 0 Å². The number of ether oxygens (including phenoxy) is 2. The number of hydrogen-bond acceptors (Lipinski definition) is 4. The molecule has 0 bridgehead atoms. The molecule has 0 spiro atoms. The summed E-state index contributed by atoms with van der Waals surface area (Å²) in [6.45, 7) is 4.58. The Labute approximate surface area is 103 Å². The molecule has 0 saturated carbocycles. The van der Waals surface area contributed by atoms with Crippen LogP contribution in [0.1, 0.15) is 26.2 Å². The third-order valence-electron chi connectivity index (χ3n) is 3.00. The molecule has 1 unspecified atom stereocenters. The van der Waals surface area contributed by atoms with Gasteiger partial charge in [-0.05, 0) is 19.3 Å². The highest BCUT2D eigenvalue weighted by Gasteiger charge is 2.16. The molecular weight excluding hydrogens is 220 g/mol. The minimum atomic E-state index is 0.0615. The zero-order chi connectivity index (χ0) is 12.5. The van der Waals surface area contributed by atoms with Gasteiger partial charge in [-0.1, -0.05) is 6.92 Å². The Kier molecular flexibility index (Phi) is 7.16. The summed E-state index contributed by atoms with van der Waals surface area (Å²) in [5.74, 6) is 0.0615. The lowest BCUT2D eigenvalue weighted by Gasteiger charge is -2.23. The topological polar surface area (TPSA) is 59.6 Å². The first-order chi connectivity index (χ1) is 8.26. The second kappa shape index (κ2) is 8.44. The van der Waals surface area contributed by atoms with Crippen molar-refractivity contribution in [3.63, 3.8) is 0 Å². The minimum Gasteiger partial charge on any atom is -0.383 e. The van der Waals surface area contributed by atoms with Crippen molar-refractivity contribution in [1.29, 1.82) is 0 Å². The Hall–Kier alpha value is -0.650. The van der Waals surface area contributed by atoms with E-state index in [-0.39, 0.29) is 18.0 Å². The minimum absolute atomic E-state index is 0.0615. The van der Waals surface area contributed by atoms with Gasteiger partial charge in [0, 0.05) is 32.4 Å². The highest BCUT2D eigenvalue weighted by atomic mass is 16.5. The number of rotatable bonds is 7. The van der Waals surface area contributed by atoms with Crippen LogP contribution in [0, 0.1) is 0 Å². The quantitative estimate of drug-likeness (QED) is 0.676. The van der Waals surface area contributed by atoms with Gasteiger partial charge in [-0.25, -0.2) is 0 Å². The Morgan fingerprint density at radius 2 is 2.18 bits per heavy atom. The number of hydrogen-bond donors (Lipinski definition) is 2. The van der Waals surface area contributed by atoms with Crippen LogP contribution < -0.4 is 10.6 Å². The molecule has 17 heavy (non-hydrogen) atoms. The molecule has 1 atom stereocenters. The van der Waals surface area contributed by atoms with Crippen molar-refractivity contribution in [2.75, 3.05) is 33.5 Å². The summed E-state index contributed by atoms with van der Waals surface area (Å²) >= 11 is 0. The normalized spacial score (nSPS) is 18.9. The third kappa shape index (κ3) is 6.00.